The van der Waals surface area contributed by atoms with Gasteiger partial charge in [0.2, 0.25) is 6.41 Å². The minimum atomic E-state index is 0.629. The van der Waals surface area contributed by atoms with Gasteiger partial charge in [0.1, 0.15) is 0 Å². The van der Waals surface area contributed by atoms with Crippen LogP contribution in [0.25, 0.3) is 11.1 Å². The molecule has 0 bridgehead atoms. The van der Waals surface area contributed by atoms with E-state index in [4.69, 9.17) is 0 Å². The smallest absolute Gasteiger partial charge is 0.219 e. The maximum absolute atomic E-state index is 11.2. The number of carbonyl (C=O) groups excluding carboxylic acids is 1. The number of pyridine rings is 1. The summed E-state index contributed by atoms with van der Waals surface area (Å²) in [5.41, 5.74) is 5.69. The van der Waals surface area contributed by atoms with Gasteiger partial charge in [-0.2, -0.15) is 5.10 Å². The van der Waals surface area contributed by atoms with Crippen LogP contribution in [0.4, 0.5) is 0 Å². The third kappa shape index (κ3) is 2.80. The molecule has 0 amide bonds. The molecule has 5 nitrogen and oxygen atoms in total. The van der Waals surface area contributed by atoms with E-state index in [0.29, 0.717) is 5.49 Å². The number of aromatic nitrogens is 1. The first-order chi connectivity index (χ1) is 10.7. The molecule has 2 aromatic rings. The van der Waals surface area contributed by atoms with Crippen LogP contribution in [0, 0.1) is 0 Å². The Labute approximate surface area is 129 Å². The van der Waals surface area contributed by atoms with Crippen LogP contribution in [0.15, 0.2) is 41.6 Å². The standard InChI is InChI=1S/C17H20N4O/c1-20(2)19-17-10-13(7-9-21(17)12-22)15-5-3-4-14-11-18-8-6-16(14)15/h3-5,7,9-10,12,18H,6,8,11H2,1-2H3/b19-17-. The second kappa shape index (κ2) is 6.15. The predicted molar refractivity (Wildman–Crippen MR) is 86.7 cm³/mol. The van der Waals surface area contributed by atoms with E-state index in [9.17, 15) is 4.79 Å². The number of rotatable bonds is 3. The van der Waals surface area contributed by atoms with Crippen molar-refractivity contribution in [1.82, 2.24) is 14.9 Å². The molecule has 0 saturated heterocycles. The Morgan fingerprint density at radius 2 is 2.18 bits per heavy atom. The molecule has 3 rings (SSSR count). The Kier molecular flexibility index (Phi) is 4.06. The number of nitrogens with zero attached hydrogens (tertiary/aromatic N) is 3. The van der Waals surface area contributed by atoms with Gasteiger partial charge in [-0.3, -0.25) is 9.36 Å². The maximum atomic E-state index is 11.2. The van der Waals surface area contributed by atoms with Crippen LogP contribution in [0.3, 0.4) is 0 Å². The quantitative estimate of drug-likeness (QED) is 0.684. The molecule has 0 fully saturated rings. The molecule has 5 heteroatoms. The normalized spacial score (nSPS) is 14.5. The van der Waals surface area contributed by atoms with E-state index in [2.05, 4.69) is 28.6 Å². The summed E-state index contributed by atoms with van der Waals surface area (Å²) >= 11 is 0. The fourth-order valence-corrected chi connectivity index (χ4v) is 2.84. The number of nitrogens with one attached hydrogen (secondary N) is 1. The van der Waals surface area contributed by atoms with Gasteiger partial charge in [-0.1, -0.05) is 18.2 Å². The molecule has 0 aliphatic carbocycles. The lowest BCUT2D eigenvalue weighted by Crippen LogP contribution is -2.25. The number of carbonyl (C=O) groups is 1. The van der Waals surface area contributed by atoms with Crippen LogP contribution in [-0.4, -0.2) is 36.6 Å². The lowest BCUT2D eigenvalue weighted by Gasteiger charge is -2.20. The SMILES string of the molecule is CN(C)/N=c1/cc(-c2cccc3c2CCNC3)ccn1C=O. The molecule has 114 valence electrons. The molecule has 1 N–H and O–H groups in total. The van der Waals surface area contributed by atoms with Crippen LogP contribution in [0.2, 0.25) is 0 Å². The first kappa shape index (κ1) is 14.5. The number of hydrogen-bond donors (Lipinski definition) is 1. The average molecular weight is 296 g/mol. The van der Waals surface area contributed by atoms with Gasteiger partial charge >= 0.3 is 0 Å². The zero-order chi connectivity index (χ0) is 15.5. The van der Waals surface area contributed by atoms with E-state index in [1.54, 1.807) is 11.2 Å². The fourth-order valence-electron chi connectivity index (χ4n) is 2.84. The van der Waals surface area contributed by atoms with Crippen molar-refractivity contribution in [2.24, 2.45) is 5.10 Å². The van der Waals surface area contributed by atoms with E-state index in [1.165, 1.54) is 21.3 Å². The van der Waals surface area contributed by atoms with Crippen molar-refractivity contribution in [3.05, 3.63) is 53.1 Å². The fraction of sp³-hybridized carbons (Fsp3) is 0.294. The summed E-state index contributed by atoms with van der Waals surface area (Å²) in [5.74, 6) is 0. The van der Waals surface area contributed by atoms with Gasteiger partial charge in [-0.15, -0.1) is 0 Å². The predicted octanol–water partition coefficient (Wildman–Crippen LogP) is 1.22. The summed E-state index contributed by atoms with van der Waals surface area (Å²) in [6, 6.07) is 10.3. The van der Waals surface area contributed by atoms with Crippen LogP contribution >= 0.6 is 0 Å². The van der Waals surface area contributed by atoms with Crippen molar-refractivity contribution in [1.29, 1.82) is 0 Å². The second-order valence-corrected chi connectivity index (χ2v) is 5.60. The molecule has 1 aromatic carbocycles. The monoisotopic (exact) mass is 296 g/mol. The zero-order valence-electron chi connectivity index (χ0n) is 12.9. The van der Waals surface area contributed by atoms with E-state index in [1.807, 2.05) is 26.2 Å². The van der Waals surface area contributed by atoms with Crippen LogP contribution in [0.5, 0.6) is 0 Å². The summed E-state index contributed by atoms with van der Waals surface area (Å²) in [4.78, 5) is 11.2. The molecule has 0 unspecified atom stereocenters. The number of fused-ring (bicyclic) bond motifs is 1. The Bertz CT molecular complexity index is 761. The van der Waals surface area contributed by atoms with Gasteiger partial charge in [0, 0.05) is 26.8 Å². The molecule has 0 spiro atoms. The van der Waals surface area contributed by atoms with Crippen molar-refractivity contribution in [2.75, 3.05) is 20.6 Å². The number of benzene rings is 1. The Morgan fingerprint density at radius 1 is 1.32 bits per heavy atom. The first-order valence-corrected chi connectivity index (χ1v) is 7.40. The zero-order valence-corrected chi connectivity index (χ0v) is 12.9. The first-order valence-electron chi connectivity index (χ1n) is 7.40. The van der Waals surface area contributed by atoms with E-state index in [-0.39, 0.29) is 0 Å². The molecule has 0 atom stereocenters. The molecule has 1 aliphatic heterocycles. The van der Waals surface area contributed by atoms with Crippen LogP contribution < -0.4 is 10.8 Å². The molecule has 1 aromatic heterocycles. The molecule has 0 saturated carbocycles. The molecular weight excluding hydrogens is 276 g/mol. The average Bonchev–Trinajstić information content (AvgIpc) is 2.54. The van der Waals surface area contributed by atoms with Crippen molar-refractivity contribution >= 4 is 6.41 Å². The lowest BCUT2D eigenvalue weighted by atomic mass is 9.92. The van der Waals surface area contributed by atoms with Crippen molar-refractivity contribution < 1.29 is 4.79 Å². The van der Waals surface area contributed by atoms with E-state index >= 15 is 0 Å². The lowest BCUT2D eigenvalue weighted by molar-refractivity contribution is 0.414. The van der Waals surface area contributed by atoms with Gasteiger partial charge in [0.25, 0.3) is 0 Å². The largest absolute Gasteiger partial charge is 0.312 e. The summed E-state index contributed by atoms with van der Waals surface area (Å²) < 4.78 is 1.49. The second-order valence-electron chi connectivity index (χ2n) is 5.60. The highest BCUT2D eigenvalue weighted by Gasteiger charge is 2.13. The van der Waals surface area contributed by atoms with E-state index in [0.717, 1.165) is 31.5 Å². The molecule has 22 heavy (non-hydrogen) atoms. The minimum absolute atomic E-state index is 0.629. The maximum Gasteiger partial charge on any atom is 0.219 e. The van der Waals surface area contributed by atoms with Crippen molar-refractivity contribution in [3.8, 4) is 11.1 Å². The van der Waals surface area contributed by atoms with Crippen LogP contribution in [-0.2, 0) is 17.8 Å². The van der Waals surface area contributed by atoms with Crippen LogP contribution in [0.1, 0.15) is 11.1 Å². The third-order valence-electron chi connectivity index (χ3n) is 3.83. The van der Waals surface area contributed by atoms with Gasteiger partial charge < -0.3 is 10.3 Å². The van der Waals surface area contributed by atoms with Gasteiger partial charge in [0.15, 0.2) is 5.49 Å². The highest BCUT2D eigenvalue weighted by Crippen LogP contribution is 2.27. The molecule has 0 radical (unpaired) electrons. The van der Waals surface area contributed by atoms with Crippen molar-refractivity contribution in [3.63, 3.8) is 0 Å². The van der Waals surface area contributed by atoms with Crippen molar-refractivity contribution in [2.45, 2.75) is 13.0 Å². The third-order valence-corrected chi connectivity index (χ3v) is 3.83. The number of hydrogen-bond acceptors (Lipinski definition) is 4. The minimum Gasteiger partial charge on any atom is -0.312 e. The highest BCUT2D eigenvalue weighted by molar-refractivity contribution is 5.69. The summed E-state index contributed by atoms with van der Waals surface area (Å²) in [6.07, 6.45) is 3.57. The molecular formula is C17H20N4O. The van der Waals surface area contributed by atoms with Gasteiger partial charge in [-0.25, -0.2) is 0 Å². The molecule has 2 heterocycles. The summed E-state index contributed by atoms with van der Waals surface area (Å²) in [6.45, 7) is 1.92. The van der Waals surface area contributed by atoms with Gasteiger partial charge in [0.05, 0.1) is 0 Å². The Hall–Kier alpha value is -2.40. The van der Waals surface area contributed by atoms with Gasteiger partial charge in [-0.05, 0) is 47.4 Å². The highest BCUT2D eigenvalue weighted by atomic mass is 16.1. The summed E-state index contributed by atoms with van der Waals surface area (Å²) in [7, 11) is 3.69. The van der Waals surface area contributed by atoms with E-state index < -0.39 is 0 Å². The summed E-state index contributed by atoms with van der Waals surface area (Å²) in [5, 5.41) is 9.48. The molecule has 1 aliphatic rings. The topological polar surface area (TPSA) is 49.6 Å². The Morgan fingerprint density at radius 3 is 2.95 bits per heavy atom. The Balaban J connectivity index is 2.16.